The van der Waals surface area contributed by atoms with Gasteiger partial charge in [0.2, 0.25) is 0 Å². The van der Waals surface area contributed by atoms with Crippen molar-refractivity contribution in [2.24, 2.45) is 0 Å². The molecule has 2 heteroatoms. The summed E-state index contributed by atoms with van der Waals surface area (Å²) in [6.45, 7) is 1.97. The van der Waals surface area contributed by atoms with E-state index in [9.17, 15) is 0 Å². The highest BCUT2D eigenvalue weighted by atomic mass is 15.3. The molecule has 1 N–H and O–H groups in total. The summed E-state index contributed by atoms with van der Waals surface area (Å²) in [6.07, 6.45) is 1.19. The number of benzene rings is 4. The molecule has 4 aromatic rings. The van der Waals surface area contributed by atoms with Gasteiger partial charge >= 0.3 is 0 Å². The summed E-state index contributed by atoms with van der Waals surface area (Å²) in [4.78, 5) is 2.68. The first-order valence-corrected chi connectivity index (χ1v) is 11.6. The highest BCUT2D eigenvalue weighted by Crippen LogP contribution is 2.40. The molecule has 0 radical (unpaired) electrons. The summed E-state index contributed by atoms with van der Waals surface area (Å²) in [5.74, 6) is 0. The molecule has 1 aliphatic rings. The standard InChI is InChI=1S/C30H30N2/c1-5-13-24(14-6-1)23-31-29(25-15-7-2-8-16-25)28-21-22-32(28)30(26-17-9-3-10-18-26)27-19-11-4-12-20-27/h1-20,28-31H,21-23H2. The van der Waals surface area contributed by atoms with Crippen LogP contribution in [-0.4, -0.2) is 17.5 Å². The zero-order valence-corrected chi connectivity index (χ0v) is 18.3. The second kappa shape index (κ2) is 9.95. The van der Waals surface area contributed by atoms with E-state index < -0.39 is 0 Å². The van der Waals surface area contributed by atoms with Crippen molar-refractivity contribution in [3.63, 3.8) is 0 Å². The largest absolute Gasteiger partial charge is 0.305 e. The van der Waals surface area contributed by atoms with Gasteiger partial charge in [0, 0.05) is 25.2 Å². The Balaban J connectivity index is 1.46. The van der Waals surface area contributed by atoms with Gasteiger partial charge in [-0.1, -0.05) is 121 Å². The number of nitrogens with one attached hydrogen (secondary N) is 1. The van der Waals surface area contributed by atoms with Crippen LogP contribution in [0.3, 0.4) is 0 Å². The van der Waals surface area contributed by atoms with Crippen LogP contribution in [0.1, 0.15) is 40.8 Å². The lowest BCUT2D eigenvalue weighted by Crippen LogP contribution is -2.55. The molecule has 0 aromatic heterocycles. The summed E-state index contributed by atoms with van der Waals surface area (Å²) in [5, 5.41) is 3.90. The Morgan fingerprint density at radius 2 is 1.09 bits per heavy atom. The van der Waals surface area contributed by atoms with Crippen molar-refractivity contribution < 1.29 is 0 Å². The average Bonchev–Trinajstić information content (AvgIpc) is 2.86. The smallest absolute Gasteiger partial charge is 0.0604 e. The van der Waals surface area contributed by atoms with Crippen molar-refractivity contribution >= 4 is 0 Å². The molecule has 0 bridgehead atoms. The molecule has 2 nitrogen and oxygen atoms in total. The van der Waals surface area contributed by atoms with Gasteiger partial charge in [0.15, 0.2) is 0 Å². The molecule has 1 fully saturated rings. The average molecular weight is 419 g/mol. The van der Waals surface area contributed by atoms with Crippen LogP contribution in [0.4, 0.5) is 0 Å². The van der Waals surface area contributed by atoms with Gasteiger partial charge in [-0.05, 0) is 28.7 Å². The van der Waals surface area contributed by atoms with E-state index in [1.54, 1.807) is 0 Å². The number of likely N-dealkylation sites (tertiary alicyclic amines) is 1. The van der Waals surface area contributed by atoms with Crippen molar-refractivity contribution in [2.45, 2.75) is 31.1 Å². The highest BCUT2D eigenvalue weighted by molar-refractivity contribution is 5.34. The molecule has 1 heterocycles. The fourth-order valence-corrected chi connectivity index (χ4v) is 4.91. The fraction of sp³-hybridized carbons (Fsp3) is 0.200. The van der Waals surface area contributed by atoms with Crippen LogP contribution in [0.2, 0.25) is 0 Å². The Labute approximate surface area is 191 Å². The van der Waals surface area contributed by atoms with E-state index in [2.05, 4.69) is 132 Å². The van der Waals surface area contributed by atoms with E-state index in [1.807, 2.05) is 0 Å². The summed E-state index contributed by atoms with van der Waals surface area (Å²) in [5.41, 5.74) is 5.40. The van der Waals surface area contributed by atoms with Gasteiger partial charge in [0.25, 0.3) is 0 Å². The summed E-state index contributed by atoms with van der Waals surface area (Å²) in [7, 11) is 0. The van der Waals surface area contributed by atoms with Gasteiger partial charge in [0.05, 0.1) is 6.04 Å². The quantitative estimate of drug-likeness (QED) is 0.357. The highest BCUT2D eigenvalue weighted by Gasteiger charge is 2.40. The van der Waals surface area contributed by atoms with Crippen molar-refractivity contribution in [3.8, 4) is 0 Å². The lowest BCUT2D eigenvalue weighted by molar-refractivity contribution is 0.0293. The van der Waals surface area contributed by atoms with Crippen LogP contribution in [0, 0.1) is 0 Å². The maximum Gasteiger partial charge on any atom is 0.0604 e. The van der Waals surface area contributed by atoms with Crippen LogP contribution < -0.4 is 5.32 Å². The lowest BCUT2D eigenvalue weighted by Gasteiger charge is -2.50. The molecular weight excluding hydrogens is 388 g/mol. The molecule has 0 saturated carbocycles. The topological polar surface area (TPSA) is 15.3 Å². The van der Waals surface area contributed by atoms with E-state index in [-0.39, 0.29) is 12.1 Å². The van der Waals surface area contributed by atoms with Gasteiger partial charge in [0.1, 0.15) is 0 Å². The van der Waals surface area contributed by atoms with Crippen LogP contribution >= 0.6 is 0 Å². The maximum absolute atomic E-state index is 3.90. The second-order valence-corrected chi connectivity index (χ2v) is 8.57. The third-order valence-electron chi connectivity index (χ3n) is 6.58. The lowest BCUT2D eigenvalue weighted by atomic mass is 9.84. The Hall–Kier alpha value is -3.20. The SMILES string of the molecule is c1ccc(CNC(c2ccccc2)C2CCN2C(c2ccccc2)c2ccccc2)cc1. The molecule has 0 amide bonds. The molecule has 4 aromatic carbocycles. The number of rotatable bonds is 8. The third kappa shape index (κ3) is 4.52. The van der Waals surface area contributed by atoms with Gasteiger partial charge in [-0.15, -0.1) is 0 Å². The van der Waals surface area contributed by atoms with E-state index in [1.165, 1.54) is 28.7 Å². The molecule has 0 aliphatic carbocycles. The van der Waals surface area contributed by atoms with Gasteiger partial charge in [-0.3, -0.25) is 4.90 Å². The first kappa shape index (κ1) is 20.7. The van der Waals surface area contributed by atoms with Gasteiger partial charge in [-0.2, -0.15) is 0 Å². The van der Waals surface area contributed by atoms with E-state index in [0.717, 1.165) is 13.1 Å². The summed E-state index contributed by atoms with van der Waals surface area (Å²) >= 11 is 0. The Bertz CT molecular complexity index is 1040. The van der Waals surface area contributed by atoms with Crippen LogP contribution in [0.5, 0.6) is 0 Å². The van der Waals surface area contributed by atoms with Gasteiger partial charge < -0.3 is 5.32 Å². The number of hydrogen-bond acceptors (Lipinski definition) is 2. The van der Waals surface area contributed by atoms with Crippen molar-refractivity contribution in [1.29, 1.82) is 0 Å². The van der Waals surface area contributed by atoms with Crippen molar-refractivity contribution in [2.75, 3.05) is 6.54 Å². The van der Waals surface area contributed by atoms with E-state index in [4.69, 9.17) is 0 Å². The van der Waals surface area contributed by atoms with Crippen molar-refractivity contribution in [3.05, 3.63) is 144 Å². The predicted molar refractivity (Wildman–Crippen MR) is 132 cm³/mol. The third-order valence-corrected chi connectivity index (χ3v) is 6.58. The minimum atomic E-state index is 0.265. The minimum absolute atomic E-state index is 0.265. The molecular formula is C30H30N2. The zero-order valence-electron chi connectivity index (χ0n) is 18.3. The Kier molecular flexibility index (Phi) is 6.43. The fourth-order valence-electron chi connectivity index (χ4n) is 4.91. The molecule has 2 atom stereocenters. The molecule has 160 valence electrons. The first-order valence-electron chi connectivity index (χ1n) is 11.6. The monoisotopic (exact) mass is 418 g/mol. The van der Waals surface area contributed by atoms with E-state index >= 15 is 0 Å². The second-order valence-electron chi connectivity index (χ2n) is 8.57. The van der Waals surface area contributed by atoms with Crippen LogP contribution in [0.25, 0.3) is 0 Å². The van der Waals surface area contributed by atoms with Crippen LogP contribution in [-0.2, 0) is 6.54 Å². The zero-order chi connectivity index (χ0) is 21.6. The molecule has 0 spiro atoms. The maximum atomic E-state index is 3.90. The van der Waals surface area contributed by atoms with Gasteiger partial charge in [-0.25, -0.2) is 0 Å². The molecule has 5 rings (SSSR count). The number of hydrogen-bond donors (Lipinski definition) is 1. The first-order chi connectivity index (χ1) is 15.9. The molecule has 1 saturated heterocycles. The summed E-state index contributed by atoms with van der Waals surface area (Å²) < 4.78 is 0. The van der Waals surface area contributed by atoms with Crippen molar-refractivity contribution in [1.82, 2.24) is 10.2 Å². The molecule has 32 heavy (non-hydrogen) atoms. The Morgan fingerprint density at radius 3 is 1.56 bits per heavy atom. The predicted octanol–water partition coefficient (Wildman–Crippen LogP) is 6.38. The normalized spacial score (nSPS) is 17.1. The molecule has 1 aliphatic heterocycles. The Morgan fingerprint density at radius 1 is 0.625 bits per heavy atom. The van der Waals surface area contributed by atoms with Crippen LogP contribution in [0.15, 0.2) is 121 Å². The summed E-state index contributed by atoms with van der Waals surface area (Å²) in [6, 6.07) is 44.5. The minimum Gasteiger partial charge on any atom is -0.305 e. The molecule has 2 unspecified atom stereocenters. The van der Waals surface area contributed by atoms with E-state index in [0.29, 0.717) is 6.04 Å². The number of nitrogens with zero attached hydrogens (tertiary/aromatic N) is 1.